The van der Waals surface area contributed by atoms with Crippen LogP contribution in [0.3, 0.4) is 0 Å². The van der Waals surface area contributed by atoms with E-state index in [2.05, 4.69) is 5.32 Å². The van der Waals surface area contributed by atoms with Crippen LogP contribution >= 0.6 is 0 Å². The standard InChI is InChI=1S/C15H22N2O6S/c1-4-23-13-5-7-14(8-6-13)24(21,22)17(11(2)15(19)20)10-9-16-12(3)18/h5-8,11H,4,9-10H2,1-3H3,(H,16,18)(H,19,20). The number of hydrogen-bond acceptors (Lipinski definition) is 5. The van der Waals surface area contributed by atoms with Crippen LogP contribution < -0.4 is 10.1 Å². The van der Waals surface area contributed by atoms with Gasteiger partial charge >= 0.3 is 5.97 Å². The molecule has 0 radical (unpaired) electrons. The van der Waals surface area contributed by atoms with Crippen molar-refractivity contribution in [3.63, 3.8) is 0 Å². The fraction of sp³-hybridized carbons (Fsp3) is 0.467. The number of carbonyl (C=O) groups excluding carboxylic acids is 1. The molecule has 1 aromatic rings. The minimum absolute atomic E-state index is 0.0171. The molecule has 1 atom stereocenters. The van der Waals surface area contributed by atoms with E-state index in [9.17, 15) is 23.1 Å². The molecule has 0 saturated heterocycles. The van der Waals surface area contributed by atoms with Gasteiger partial charge in [0, 0.05) is 20.0 Å². The number of benzene rings is 1. The van der Waals surface area contributed by atoms with Crippen LogP contribution in [0.2, 0.25) is 0 Å². The number of carboxylic acid groups (broad SMARTS) is 1. The molecule has 0 aromatic heterocycles. The summed E-state index contributed by atoms with van der Waals surface area (Å²) in [5.74, 6) is -1.07. The quantitative estimate of drug-likeness (QED) is 0.671. The molecule has 0 aliphatic rings. The maximum absolute atomic E-state index is 12.7. The SMILES string of the molecule is CCOc1ccc(S(=O)(=O)N(CCNC(C)=O)C(C)C(=O)O)cc1. The Hall–Kier alpha value is -2.13. The number of amides is 1. The largest absolute Gasteiger partial charge is 0.494 e. The Bertz CT molecular complexity index is 672. The third kappa shape index (κ3) is 5.20. The molecule has 8 nitrogen and oxygen atoms in total. The van der Waals surface area contributed by atoms with Crippen molar-refractivity contribution in [3.05, 3.63) is 24.3 Å². The first-order valence-electron chi connectivity index (χ1n) is 7.42. The van der Waals surface area contributed by atoms with Crippen molar-refractivity contribution in [1.82, 2.24) is 9.62 Å². The van der Waals surface area contributed by atoms with Crippen LogP contribution in [-0.4, -0.2) is 55.4 Å². The summed E-state index contributed by atoms with van der Waals surface area (Å²) < 4.78 is 31.6. The normalized spacial score (nSPS) is 12.7. The molecule has 0 saturated carbocycles. The zero-order valence-corrected chi connectivity index (χ0v) is 14.7. The molecule has 2 N–H and O–H groups in total. The molecule has 0 spiro atoms. The Kier molecular flexibility index (Phi) is 7.18. The number of carboxylic acids is 1. The van der Waals surface area contributed by atoms with E-state index in [4.69, 9.17) is 4.74 Å². The van der Waals surface area contributed by atoms with E-state index in [0.29, 0.717) is 12.4 Å². The molecule has 1 rings (SSSR count). The summed E-state index contributed by atoms with van der Waals surface area (Å²) in [6.45, 7) is 4.70. The van der Waals surface area contributed by atoms with E-state index in [-0.39, 0.29) is 23.9 Å². The van der Waals surface area contributed by atoms with Crippen LogP contribution in [0.4, 0.5) is 0 Å². The van der Waals surface area contributed by atoms with Gasteiger partial charge in [-0.1, -0.05) is 0 Å². The minimum atomic E-state index is -4.03. The van der Waals surface area contributed by atoms with E-state index in [0.717, 1.165) is 4.31 Å². The number of sulfonamides is 1. The number of carbonyl (C=O) groups is 2. The first-order valence-corrected chi connectivity index (χ1v) is 8.86. The van der Waals surface area contributed by atoms with Crippen LogP contribution in [0.15, 0.2) is 29.2 Å². The first-order chi connectivity index (χ1) is 11.2. The van der Waals surface area contributed by atoms with Gasteiger partial charge in [0.15, 0.2) is 0 Å². The highest BCUT2D eigenvalue weighted by atomic mass is 32.2. The van der Waals surface area contributed by atoms with E-state index in [1.54, 1.807) is 0 Å². The summed E-state index contributed by atoms with van der Waals surface area (Å²) in [5, 5.41) is 11.6. The lowest BCUT2D eigenvalue weighted by atomic mass is 10.3. The molecule has 134 valence electrons. The second-order valence-corrected chi connectivity index (χ2v) is 6.91. The summed E-state index contributed by atoms with van der Waals surface area (Å²) in [5.41, 5.74) is 0. The van der Waals surface area contributed by atoms with Crippen molar-refractivity contribution >= 4 is 21.9 Å². The van der Waals surface area contributed by atoms with Gasteiger partial charge in [-0.2, -0.15) is 4.31 Å². The molecule has 9 heteroatoms. The predicted molar refractivity (Wildman–Crippen MR) is 87.3 cm³/mol. The number of ether oxygens (including phenoxy) is 1. The second kappa shape index (κ2) is 8.65. The average Bonchev–Trinajstić information content (AvgIpc) is 2.51. The molecule has 24 heavy (non-hydrogen) atoms. The minimum Gasteiger partial charge on any atom is -0.494 e. The molecular weight excluding hydrogens is 336 g/mol. The molecule has 0 aliphatic carbocycles. The van der Waals surface area contributed by atoms with Crippen molar-refractivity contribution in [2.45, 2.75) is 31.7 Å². The Morgan fingerprint density at radius 2 is 1.88 bits per heavy atom. The van der Waals surface area contributed by atoms with Crippen LogP contribution in [0.1, 0.15) is 20.8 Å². The van der Waals surface area contributed by atoms with Crippen LogP contribution in [-0.2, 0) is 19.6 Å². The van der Waals surface area contributed by atoms with E-state index < -0.39 is 22.0 Å². The molecule has 0 fully saturated rings. The summed E-state index contributed by atoms with van der Waals surface area (Å²) in [6, 6.07) is 4.47. The van der Waals surface area contributed by atoms with Crippen LogP contribution in [0, 0.1) is 0 Å². The van der Waals surface area contributed by atoms with Gasteiger partial charge in [0.1, 0.15) is 11.8 Å². The maximum Gasteiger partial charge on any atom is 0.321 e. The Labute approximate surface area is 141 Å². The lowest BCUT2D eigenvalue weighted by Crippen LogP contribution is -2.46. The molecule has 0 aliphatic heterocycles. The Morgan fingerprint density at radius 3 is 2.33 bits per heavy atom. The third-order valence-corrected chi connectivity index (χ3v) is 5.22. The molecule has 1 aromatic carbocycles. The van der Waals surface area contributed by atoms with Gasteiger partial charge in [0.05, 0.1) is 11.5 Å². The second-order valence-electron chi connectivity index (χ2n) is 5.02. The molecule has 1 unspecified atom stereocenters. The van der Waals surface area contributed by atoms with Crippen molar-refractivity contribution in [2.24, 2.45) is 0 Å². The lowest BCUT2D eigenvalue weighted by Gasteiger charge is -2.25. The lowest BCUT2D eigenvalue weighted by molar-refractivity contribution is -0.140. The zero-order valence-electron chi connectivity index (χ0n) is 13.9. The predicted octanol–water partition coefficient (Wildman–Crippen LogP) is 0.685. The van der Waals surface area contributed by atoms with Gasteiger partial charge in [-0.3, -0.25) is 9.59 Å². The fourth-order valence-corrected chi connectivity index (χ4v) is 3.59. The van der Waals surface area contributed by atoms with Crippen LogP contribution in [0.25, 0.3) is 0 Å². The van der Waals surface area contributed by atoms with E-state index in [1.807, 2.05) is 6.92 Å². The monoisotopic (exact) mass is 358 g/mol. The van der Waals surface area contributed by atoms with Gasteiger partial charge in [-0.25, -0.2) is 8.42 Å². The molecule has 0 heterocycles. The Balaban J connectivity index is 3.08. The number of rotatable bonds is 9. The van der Waals surface area contributed by atoms with E-state index in [1.165, 1.54) is 38.1 Å². The summed E-state index contributed by atoms with van der Waals surface area (Å²) in [6.07, 6.45) is 0. The van der Waals surface area contributed by atoms with Crippen molar-refractivity contribution < 1.29 is 27.9 Å². The fourth-order valence-electron chi connectivity index (χ4n) is 2.00. The smallest absolute Gasteiger partial charge is 0.321 e. The van der Waals surface area contributed by atoms with Gasteiger partial charge in [0.25, 0.3) is 0 Å². The maximum atomic E-state index is 12.7. The molecule has 1 amide bonds. The first kappa shape index (κ1) is 19.9. The third-order valence-electron chi connectivity index (χ3n) is 3.24. The highest BCUT2D eigenvalue weighted by molar-refractivity contribution is 7.89. The van der Waals surface area contributed by atoms with Gasteiger partial charge in [0.2, 0.25) is 15.9 Å². The van der Waals surface area contributed by atoms with Crippen molar-refractivity contribution in [2.75, 3.05) is 19.7 Å². The summed E-state index contributed by atoms with van der Waals surface area (Å²) in [7, 11) is -4.03. The topological polar surface area (TPSA) is 113 Å². The Morgan fingerprint density at radius 1 is 1.29 bits per heavy atom. The molecular formula is C15H22N2O6S. The van der Waals surface area contributed by atoms with E-state index >= 15 is 0 Å². The number of nitrogens with zero attached hydrogens (tertiary/aromatic N) is 1. The zero-order chi connectivity index (χ0) is 18.3. The highest BCUT2D eigenvalue weighted by Gasteiger charge is 2.32. The number of hydrogen-bond donors (Lipinski definition) is 2. The number of aliphatic carboxylic acids is 1. The van der Waals surface area contributed by atoms with Crippen molar-refractivity contribution in [1.29, 1.82) is 0 Å². The summed E-state index contributed by atoms with van der Waals surface area (Å²) in [4.78, 5) is 22.1. The van der Waals surface area contributed by atoms with Crippen LogP contribution in [0.5, 0.6) is 5.75 Å². The average molecular weight is 358 g/mol. The highest BCUT2D eigenvalue weighted by Crippen LogP contribution is 2.21. The van der Waals surface area contributed by atoms with Gasteiger partial charge < -0.3 is 15.2 Å². The van der Waals surface area contributed by atoms with Gasteiger partial charge in [-0.15, -0.1) is 0 Å². The van der Waals surface area contributed by atoms with Crippen molar-refractivity contribution in [3.8, 4) is 5.75 Å². The van der Waals surface area contributed by atoms with Gasteiger partial charge in [-0.05, 0) is 38.1 Å². The summed E-state index contributed by atoms with van der Waals surface area (Å²) >= 11 is 0. The molecule has 0 bridgehead atoms. The number of nitrogens with one attached hydrogen (secondary N) is 1.